The fourth-order valence-electron chi connectivity index (χ4n) is 5.84. The average molecular weight is 557 g/mol. The first-order valence-electron chi connectivity index (χ1n) is 12.2. The molecule has 2 atom stereocenters. The van der Waals surface area contributed by atoms with Gasteiger partial charge < -0.3 is 19.9 Å². The molecule has 3 heterocycles. The number of nitrogens with zero attached hydrogens (tertiary/aromatic N) is 2. The predicted molar refractivity (Wildman–Crippen MR) is 146 cm³/mol. The third kappa shape index (κ3) is 4.16. The molecule has 0 bridgehead atoms. The SMILES string of the molecule is O=C(C1Cc2ccc(Cl)cc2N1C1(Cc2cccc(Cl)c2)C(=O)Nc2cc(Cl)ccc21)N1CCOCC1. The summed E-state index contributed by atoms with van der Waals surface area (Å²) in [5, 5.41) is 4.68. The summed E-state index contributed by atoms with van der Waals surface area (Å²) in [6, 6.07) is 17.9. The number of rotatable bonds is 4. The summed E-state index contributed by atoms with van der Waals surface area (Å²) in [6.45, 7) is 2.01. The van der Waals surface area contributed by atoms with Crippen LogP contribution in [0.2, 0.25) is 15.1 Å². The van der Waals surface area contributed by atoms with Crippen molar-refractivity contribution in [2.75, 3.05) is 36.5 Å². The maximum Gasteiger partial charge on any atom is 0.255 e. The molecule has 9 heteroatoms. The Morgan fingerprint density at radius 2 is 1.70 bits per heavy atom. The lowest BCUT2D eigenvalue weighted by atomic mass is 9.82. The molecule has 3 aromatic rings. The molecule has 37 heavy (non-hydrogen) atoms. The summed E-state index contributed by atoms with van der Waals surface area (Å²) in [5.41, 5.74) is 2.78. The van der Waals surface area contributed by atoms with Gasteiger partial charge in [-0.25, -0.2) is 0 Å². The molecule has 1 saturated heterocycles. The minimum Gasteiger partial charge on any atom is -0.378 e. The van der Waals surface area contributed by atoms with Gasteiger partial charge in [-0.05, 0) is 47.5 Å². The first-order valence-corrected chi connectivity index (χ1v) is 13.3. The number of carbonyl (C=O) groups excluding carboxylic acids is 2. The molecule has 3 aromatic carbocycles. The van der Waals surface area contributed by atoms with E-state index in [1.165, 1.54) is 0 Å². The van der Waals surface area contributed by atoms with Crippen molar-refractivity contribution < 1.29 is 14.3 Å². The largest absolute Gasteiger partial charge is 0.378 e. The number of halogens is 3. The van der Waals surface area contributed by atoms with Crippen LogP contribution in [0.3, 0.4) is 0 Å². The van der Waals surface area contributed by atoms with Crippen LogP contribution in [0.4, 0.5) is 11.4 Å². The summed E-state index contributed by atoms with van der Waals surface area (Å²) in [5.74, 6) is -0.256. The van der Waals surface area contributed by atoms with Crippen molar-refractivity contribution in [2.45, 2.75) is 24.4 Å². The normalized spacial score (nSPS) is 22.6. The van der Waals surface area contributed by atoms with E-state index >= 15 is 0 Å². The van der Waals surface area contributed by atoms with Crippen molar-refractivity contribution in [1.82, 2.24) is 4.90 Å². The predicted octanol–water partition coefficient (Wildman–Crippen LogP) is 5.33. The van der Waals surface area contributed by atoms with Gasteiger partial charge in [0.2, 0.25) is 5.91 Å². The molecule has 6 rings (SSSR count). The summed E-state index contributed by atoms with van der Waals surface area (Å²) < 4.78 is 5.49. The van der Waals surface area contributed by atoms with Gasteiger partial charge >= 0.3 is 0 Å². The van der Waals surface area contributed by atoms with Gasteiger partial charge in [0.1, 0.15) is 6.04 Å². The fraction of sp³-hybridized carbons (Fsp3) is 0.286. The molecule has 0 saturated carbocycles. The smallest absolute Gasteiger partial charge is 0.255 e. The Labute approximate surface area is 230 Å². The monoisotopic (exact) mass is 555 g/mol. The van der Waals surface area contributed by atoms with Gasteiger partial charge in [-0.2, -0.15) is 0 Å². The summed E-state index contributed by atoms with van der Waals surface area (Å²) in [7, 11) is 0. The molecule has 0 aromatic heterocycles. The van der Waals surface area contributed by atoms with Gasteiger partial charge in [0.15, 0.2) is 5.54 Å². The Morgan fingerprint density at radius 3 is 2.49 bits per heavy atom. The van der Waals surface area contributed by atoms with Crippen LogP contribution < -0.4 is 10.2 Å². The number of anilines is 2. The van der Waals surface area contributed by atoms with Crippen LogP contribution in [-0.4, -0.2) is 49.1 Å². The van der Waals surface area contributed by atoms with Gasteiger partial charge in [0.25, 0.3) is 5.91 Å². The van der Waals surface area contributed by atoms with E-state index in [4.69, 9.17) is 39.5 Å². The molecule has 3 aliphatic rings. The van der Waals surface area contributed by atoms with E-state index < -0.39 is 11.6 Å². The molecule has 1 N–H and O–H groups in total. The van der Waals surface area contributed by atoms with Crippen LogP contribution >= 0.6 is 34.8 Å². The molecular formula is C28H24Cl3N3O3. The minimum absolute atomic E-state index is 0.0312. The number of morpholine rings is 1. The lowest BCUT2D eigenvalue weighted by molar-refractivity contribution is -0.137. The van der Waals surface area contributed by atoms with Gasteiger partial charge in [-0.1, -0.05) is 59.1 Å². The van der Waals surface area contributed by atoms with Gasteiger partial charge in [-0.15, -0.1) is 0 Å². The van der Waals surface area contributed by atoms with Crippen molar-refractivity contribution in [3.05, 3.63) is 92.4 Å². The number of fused-ring (bicyclic) bond motifs is 2. The Kier molecular flexibility index (Phi) is 6.32. The second-order valence-corrected chi connectivity index (χ2v) is 10.9. The third-order valence-corrected chi connectivity index (χ3v) is 8.16. The number of hydrogen-bond donors (Lipinski definition) is 1. The standard InChI is InChI=1S/C28H24Cl3N3O3/c29-19-3-1-2-17(12-19)16-28(22-7-6-20(30)14-23(22)32-27(28)36)34-24-15-21(31)5-4-18(24)13-25(34)26(35)33-8-10-37-11-9-33/h1-7,12,14-15,25H,8-11,13,16H2,(H,32,36). The maximum absolute atomic E-state index is 14.2. The fourth-order valence-corrected chi connectivity index (χ4v) is 6.39. The summed E-state index contributed by atoms with van der Waals surface area (Å²) >= 11 is 19.1. The topological polar surface area (TPSA) is 61.9 Å². The first kappa shape index (κ1) is 24.6. The highest BCUT2D eigenvalue weighted by atomic mass is 35.5. The van der Waals surface area contributed by atoms with Crippen LogP contribution in [-0.2, 0) is 32.7 Å². The number of nitrogens with one attached hydrogen (secondary N) is 1. The summed E-state index contributed by atoms with van der Waals surface area (Å²) in [6.07, 6.45) is 0.767. The zero-order valence-electron chi connectivity index (χ0n) is 19.8. The molecule has 6 nitrogen and oxygen atoms in total. The number of ether oxygens (including phenoxy) is 1. The Hall–Kier alpha value is -2.77. The van der Waals surface area contributed by atoms with E-state index in [0.717, 1.165) is 22.4 Å². The van der Waals surface area contributed by atoms with E-state index in [-0.39, 0.29) is 11.8 Å². The molecule has 0 aliphatic carbocycles. The van der Waals surface area contributed by atoms with Crippen molar-refractivity contribution in [3.8, 4) is 0 Å². The highest BCUT2D eigenvalue weighted by molar-refractivity contribution is 6.31. The van der Waals surface area contributed by atoms with Crippen molar-refractivity contribution >= 4 is 58.0 Å². The quantitative estimate of drug-likeness (QED) is 0.472. The van der Waals surface area contributed by atoms with E-state index in [1.54, 1.807) is 18.2 Å². The number of carbonyl (C=O) groups is 2. The van der Waals surface area contributed by atoms with E-state index in [2.05, 4.69) is 5.32 Å². The van der Waals surface area contributed by atoms with E-state index in [9.17, 15) is 9.59 Å². The molecule has 190 valence electrons. The van der Waals surface area contributed by atoms with Crippen molar-refractivity contribution in [1.29, 1.82) is 0 Å². The van der Waals surface area contributed by atoms with E-state index in [0.29, 0.717) is 59.9 Å². The zero-order valence-corrected chi connectivity index (χ0v) is 22.1. The number of hydrogen-bond acceptors (Lipinski definition) is 4. The van der Waals surface area contributed by atoms with Gasteiger partial charge in [-0.3, -0.25) is 9.59 Å². The van der Waals surface area contributed by atoms with Crippen LogP contribution in [0.5, 0.6) is 0 Å². The second-order valence-electron chi connectivity index (χ2n) is 9.61. The lowest BCUT2D eigenvalue weighted by Gasteiger charge is -2.44. The third-order valence-electron chi connectivity index (χ3n) is 7.45. The first-order chi connectivity index (χ1) is 17.9. The van der Waals surface area contributed by atoms with Gasteiger partial charge in [0.05, 0.1) is 13.2 Å². The Bertz CT molecular complexity index is 1410. The maximum atomic E-state index is 14.2. The molecule has 2 amide bonds. The number of benzene rings is 3. The number of amides is 2. The van der Waals surface area contributed by atoms with Crippen LogP contribution in [0.1, 0.15) is 16.7 Å². The average Bonchev–Trinajstić information content (AvgIpc) is 3.38. The molecular weight excluding hydrogens is 533 g/mol. The highest BCUT2D eigenvalue weighted by Crippen LogP contribution is 2.51. The molecule has 3 aliphatic heterocycles. The molecule has 1 fully saturated rings. The van der Waals surface area contributed by atoms with Crippen molar-refractivity contribution in [3.63, 3.8) is 0 Å². The Morgan fingerprint density at radius 1 is 0.973 bits per heavy atom. The van der Waals surface area contributed by atoms with Gasteiger partial charge in [0, 0.05) is 57.9 Å². The second kappa shape index (κ2) is 9.52. The highest BCUT2D eigenvalue weighted by Gasteiger charge is 2.57. The minimum atomic E-state index is -1.23. The van der Waals surface area contributed by atoms with Crippen LogP contribution in [0.25, 0.3) is 0 Å². The van der Waals surface area contributed by atoms with Crippen LogP contribution in [0.15, 0.2) is 60.7 Å². The summed E-state index contributed by atoms with van der Waals surface area (Å²) in [4.78, 5) is 32.1. The molecule has 0 spiro atoms. The van der Waals surface area contributed by atoms with Crippen molar-refractivity contribution in [2.24, 2.45) is 0 Å². The Balaban J connectivity index is 1.57. The zero-order chi connectivity index (χ0) is 25.7. The van der Waals surface area contributed by atoms with Crippen LogP contribution in [0, 0.1) is 0 Å². The van der Waals surface area contributed by atoms with E-state index in [1.807, 2.05) is 52.3 Å². The molecule has 2 unspecified atom stereocenters. The lowest BCUT2D eigenvalue weighted by Crippen LogP contribution is -2.60. The molecule has 0 radical (unpaired) electrons.